The summed E-state index contributed by atoms with van der Waals surface area (Å²) in [6, 6.07) is 12.0. The van der Waals surface area contributed by atoms with Crippen molar-refractivity contribution in [1.29, 1.82) is 0 Å². The van der Waals surface area contributed by atoms with Crippen molar-refractivity contribution in [2.24, 2.45) is 5.41 Å². The molecule has 91 heavy (non-hydrogen) atoms. The van der Waals surface area contributed by atoms with Gasteiger partial charge < -0.3 is 59.1 Å². The zero-order chi connectivity index (χ0) is 65.5. The number of alkyl halides is 3. The molecule has 1 saturated carbocycles. The largest absolute Gasteiger partial charge is 0.476 e. The Labute approximate surface area is 519 Å². The summed E-state index contributed by atoms with van der Waals surface area (Å²) < 4.78 is 144. The third kappa shape index (κ3) is 14.0. The van der Waals surface area contributed by atoms with E-state index < -0.39 is 119 Å². The number of halogens is 3. The molecule has 29 nitrogen and oxygen atoms in total. The standard InChI is InChI=1S/C57H73F3N13O16P2/c1-9-80-44-40-42(65-51(61)67-44)72(31-63-40)49-54(7,58)48(76)57(60,87-49)30-85-90(78,69-33(3)46(74)82-27-53(4,5)6)89-39-24-16-23-38-36(39)22-17-25-71(38)26-37(47(75)86-34-18-14-15-19-34)70-91(79,88-35-20-12-11-13-21-35)84-29-56(77)28-83-50(55(56,8)59)73-32-64-41-43(73)66-52(62)68-45(41)81-10-2/h11-13,16-17,20-25,31-34,37,48-50,76-77H,9-10,14-15,18-19,26-30H2,1-8H3,(H,69,78)(H,70,79)(H2,61,65,67)(H2,62,66,68)/q+1. The molecule has 11 atom stereocenters. The predicted molar refractivity (Wildman–Crippen MR) is 318 cm³/mol. The zero-order valence-electron chi connectivity index (χ0n) is 51.1. The minimum absolute atomic E-state index is 0.0142. The first-order chi connectivity index (χ1) is 43.0. The maximum Gasteiger partial charge on any atom is 0.459 e. The van der Waals surface area contributed by atoms with Crippen LogP contribution in [0.1, 0.15) is 93.5 Å². The van der Waals surface area contributed by atoms with E-state index in [0.29, 0.717) is 12.8 Å². The number of pyridine rings is 1. The molecule has 11 unspecified atom stereocenters. The van der Waals surface area contributed by atoms with Gasteiger partial charge in [0, 0.05) is 12.1 Å². The van der Waals surface area contributed by atoms with Gasteiger partial charge in [0.15, 0.2) is 71.0 Å². The number of anilines is 2. The molecule has 10 rings (SSSR count). The van der Waals surface area contributed by atoms with Crippen LogP contribution in [0.15, 0.2) is 79.5 Å². The first-order valence-corrected chi connectivity index (χ1v) is 32.4. The molecule has 8 N–H and O–H groups in total. The van der Waals surface area contributed by atoms with Crippen molar-refractivity contribution in [2.75, 3.05) is 51.1 Å². The van der Waals surface area contributed by atoms with Gasteiger partial charge in [-0.15, -0.1) is 0 Å². The van der Waals surface area contributed by atoms with Crippen molar-refractivity contribution in [3.63, 3.8) is 0 Å². The maximum absolute atomic E-state index is 17.5. The number of nitrogens with two attached hydrogens (primary N) is 2. The molecule has 3 fully saturated rings. The van der Waals surface area contributed by atoms with Gasteiger partial charge in [-0.2, -0.15) is 34.7 Å². The average Bonchev–Trinajstić information content (AvgIpc) is 1.59. The Kier molecular flexibility index (Phi) is 19.0. The number of nitrogen functional groups attached to an aromatic ring is 2. The van der Waals surface area contributed by atoms with Gasteiger partial charge in [0.05, 0.1) is 51.1 Å². The molecule has 0 radical (unpaired) electrons. The highest BCUT2D eigenvalue weighted by Gasteiger charge is 2.66. The van der Waals surface area contributed by atoms with Crippen LogP contribution in [-0.2, 0) is 53.3 Å². The molecule has 0 spiro atoms. The van der Waals surface area contributed by atoms with E-state index in [9.17, 15) is 19.8 Å². The predicted octanol–water partition coefficient (Wildman–Crippen LogP) is 6.76. The van der Waals surface area contributed by atoms with E-state index >= 15 is 22.3 Å². The highest BCUT2D eigenvalue weighted by Crippen LogP contribution is 2.54. The van der Waals surface area contributed by atoms with Crippen LogP contribution in [0.4, 0.5) is 25.1 Å². The summed E-state index contributed by atoms with van der Waals surface area (Å²) in [5.74, 6) is -6.11. The second kappa shape index (κ2) is 26.0. The van der Waals surface area contributed by atoms with Crippen LogP contribution in [0.3, 0.4) is 0 Å². The van der Waals surface area contributed by atoms with E-state index in [1.54, 1.807) is 38.1 Å². The number of benzene rings is 2. The number of aromatic nitrogens is 9. The van der Waals surface area contributed by atoms with E-state index in [1.807, 2.05) is 20.8 Å². The van der Waals surface area contributed by atoms with Crippen LogP contribution in [0, 0.1) is 5.41 Å². The SMILES string of the molecule is CCOc1nc(N)nc2c1ncn2C1OC(F)(COP(=O)(NC(C)C(=O)OCC(C)(C)C)Oc2cccc3c2ccc[n+]3CC(NP(=O)(OCC2(O)COC(n3cnc4c(OCC)nc(N)nc43)C2(C)F)Oc2ccccc2)C(=O)OC2CCCC2)C(O)C1(C)F. The Morgan fingerprint density at radius 2 is 1.42 bits per heavy atom. The van der Waals surface area contributed by atoms with E-state index in [2.05, 4.69) is 40.1 Å². The van der Waals surface area contributed by atoms with Gasteiger partial charge >= 0.3 is 27.4 Å². The molecule has 0 bridgehead atoms. The number of aliphatic hydroxyl groups is 2. The molecule has 7 aromatic rings. The van der Waals surface area contributed by atoms with Gasteiger partial charge in [-0.3, -0.25) is 27.8 Å². The first kappa shape index (κ1) is 66.5. The van der Waals surface area contributed by atoms with Crippen molar-refractivity contribution >= 4 is 72.6 Å². The monoisotopic (exact) mass is 1310 g/mol. The molecule has 1 aliphatic carbocycles. The molecule has 7 heterocycles. The summed E-state index contributed by atoms with van der Waals surface area (Å²) in [7, 11) is -10.1. The Morgan fingerprint density at radius 3 is 2.03 bits per heavy atom. The number of ether oxygens (including phenoxy) is 6. The molecular weight excluding hydrogens is 1240 g/mol. The second-order valence-electron chi connectivity index (χ2n) is 23.8. The highest BCUT2D eigenvalue weighted by molar-refractivity contribution is 7.52. The number of carbonyl (C=O) groups is 2. The van der Waals surface area contributed by atoms with E-state index in [4.69, 9.17) is 58.0 Å². The van der Waals surface area contributed by atoms with Crippen molar-refractivity contribution in [3.05, 3.63) is 79.5 Å². The molecule has 3 aliphatic rings. The summed E-state index contributed by atoms with van der Waals surface area (Å²) in [6.07, 6.45) is -0.385. The number of fused-ring (bicyclic) bond motifs is 3. The Hall–Kier alpha value is -7.38. The number of para-hydroxylation sites is 1. The maximum atomic E-state index is 17.5. The van der Waals surface area contributed by atoms with Gasteiger partial charge in [0.2, 0.25) is 29.2 Å². The Bertz CT molecular complexity index is 3900. The van der Waals surface area contributed by atoms with Gasteiger partial charge in [-0.05, 0) is 90.0 Å². The average molecular weight is 1320 g/mol. The minimum Gasteiger partial charge on any atom is -0.476 e. The molecule has 2 aromatic carbocycles. The fourth-order valence-electron chi connectivity index (χ4n) is 10.6. The van der Waals surface area contributed by atoms with Crippen molar-refractivity contribution in [3.8, 4) is 23.3 Å². The summed E-state index contributed by atoms with van der Waals surface area (Å²) in [5, 5.41) is 29.0. The quantitative estimate of drug-likeness (QED) is 0.0185. The lowest BCUT2D eigenvalue weighted by Crippen LogP contribution is -2.54. The molecule has 5 aromatic heterocycles. The zero-order valence-corrected chi connectivity index (χ0v) is 52.9. The fourth-order valence-corrected chi connectivity index (χ4v) is 13.6. The Balaban J connectivity index is 0.950. The summed E-state index contributed by atoms with van der Waals surface area (Å²) in [5.41, 5.74) is 3.39. The van der Waals surface area contributed by atoms with E-state index in [0.717, 1.165) is 37.6 Å². The van der Waals surface area contributed by atoms with E-state index in [-0.39, 0.29) is 88.2 Å². The molecule has 2 aliphatic heterocycles. The number of carbonyl (C=O) groups excluding carboxylic acids is 2. The first-order valence-electron chi connectivity index (χ1n) is 29.3. The lowest BCUT2D eigenvalue weighted by Gasteiger charge is -2.34. The third-order valence-corrected chi connectivity index (χ3v) is 18.5. The molecule has 492 valence electrons. The van der Waals surface area contributed by atoms with Crippen LogP contribution in [0.2, 0.25) is 0 Å². The van der Waals surface area contributed by atoms with Gasteiger partial charge in [-0.25, -0.2) is 32.3 Å². The Morgan fingerprint density at radius 1 is 0.813 bits per heavy atom. The second-order valence-corrected chi connectivity index (χ2v) is 27.2. The van der Waals surface area contributed by atoms with Crippen LogP contribution >= 0.6 is 15.5 Å². The molecular formula is C57H73F3N13O16P2+. The normalized spacial score (nSPS) is 25.7. The van der Waals surface area contributed by atoms with Crippen LogP contribution in [-0.4, -0.2) is 148 Å². The van der Waals surface area contributed by atoms with Crippen molar-refractivity contribution in [1.82, 2.24) is 49.2 Å². The van der Waals surface area contributed by atoms with Gasteiger partial charge in [0.25, 0.3) is 5.85 Å². The third-order valence-electron chi connectivity index (χ3n) is 15.4. The number of aliphatic hydroxyl groups excluding tert-OH is 1. The van der Waals surface area contributed by atoms with Gasteiger partial charge in [-0.1, -0.05) is 45.0 Å². The lowest BCUT2D eigenvalue weighted by atomic mass is 9.88. The number of hydrogen-bond donors (Lipinski definition) is 6. The molecule has 2 saturated heterocycles. The number of nitrogens with zero attached hydrogens (tertiary/aromatic N) is 9. The number of hydrogen-bond acceptors (Lipinski definition) is 24. The fraction of sp³-hybridized carbons (Fsp3) is 0.526. The molecule has 0 amide bonds. The summed E-state index contributed by atoms with van der Waals surface area (Å²) in [4.78, 5) is 53.1. The number of esters is 2. The summed E-state index contributed by atoms with van der Waals surface area (Å²) in [6.45, 7) is 8.58. The topological polar surface area (TPSA) is 368 Å². The summed E-state index contributed by atoms with van der Waals surface area (Å²) >= 11 is 0. The highest BCUT2D eigenvalue weighted by atomic mass is 31.2. The van der Waals surface area contributed by atoms with Crippen molar-refractivity contribution in [2.45, 2.75) is 147 Å². The lowest BCUT2D eigenvalue weighted by molar-refractivity contribution is -0.672. The number of nitrogens with one attached hydrogen (secondary N) is 2. The number of imidazole rings is 2. The van der Waals surface area contributed by atoms with E-state index in [1.165, 1.54) is 65.0 Å². The smallest absolute Gasteiger partial charge is 0.459 e. The van der Waals surface area contributed by atoms with Crippen LogP contribution in [0.25, 0.3) is 33.2 Å². The van der Waals surface area contributed by atoms with Crippen LogP contribution < -0.4 is 44.7 Å². The molecule has 34 heteroatoms. The van der Waals surface area contributed by atoms with Crippen LogP contribution in [0.5, 0.6) is 23.3 Å². The van der Waals surface area contributed by atoms with Gasteiger partial charge in [0.1, 0.15) is 35.9 Å². The minimum atomic E-state index is -5.15. The number of rotatable bonds is 26. The van der Waals surface area contributed by atoms with Crippen molar-refractivity contribution < 1.29 is 93.2 Å².